The monoisotopic (exact) mass is 236 g/mol. The lowest BCUT2D eigenvalue weighted by atomic mass is 10.2. The lowest BCUT2D eigenvalue weighted by Crippen LogP contribution is -2.25. The third kappa shape index (κ3) is 4.55. The molecule has 0 unspecified atom stereocenters. The molecule has 0 aliphatic carbocycles. The van der Waals surface area contributed by atoms with E-state index in [-0.39, 0.29) is 0 Å². The Morgan fingerprint density at radius 1 is 1.12 bits per heavy atom. The summed E-state index contributed by atoms with van der Waals surface area (Å²) in [6.45, 7) is 1.77. The number of hydrogen-bond acceptors (Lipinski definition) is 2. The van der Waals surface area contributed by atoms with Gasteiger partial charge in [-0.3, -0.25) is 0 Å². The molecule has 86 valence electrons. The molecule has 0 saturated heterocycles. The maximum absolute atomic E-state index is 8.64. The van der Waals surface area contributed by atoms with Crippen LogP contribution in [-0.2, 0) is 0 Å². The van der Waals surface area contributed by atoms with Crippen LogP contribution in [0.25, 0.3) is 0 Å². The number of nitriles is 1. The Kier molecular flexibility index (Phi) is 6.44. The van der Waals surface area contributed by atoms with Crippen LogP contribution < -0.4 is 4.90 Å². The average molecular weight is 237 g/mol. The Hall–Kier alpha value is -1.20. The third-order valence-corrected chi connectivity index (χ3v) is 2.69. The highest BCUT2D eigenvalue weighted by Gasteiger charge is 2.04. The van der Waals surface area contributed by atoms with Gasteiger partial charge in [0.2, 0.25) is 0 Å². The summed E-state index contributed by atoms with van der Waals surface area (Å²) in [6, 6.07) is 12.4. The zero-order valence-corrected chi connectivity index (χ0v) is 10.2. The van der Waals surface area contributed by atoms with Gasteiger partial charge in [0.15, 0.2) is 0 Å². The van der Waals surface area contributed by atoms with Crippen LogP contribution in [0.5, 0.6) is 0 Å². The highest BCUT2D eigenvalue weighted by Crippen LogP contribution is 2.14. The molecule has 0 aliphatic rings. The highest BCUT2D eigenvalue weighted by atomic mass is 35.5. The topological polar surface area (TPSA) is 27.0 Å². The summed E-state index contributed by atoms with van der Waals surface area (Å²) >= 11 is 5.66. The predicted molar refractivity (Wildman–Crippen MR) is 68.8 cm³/mol. The first-order chi connectivity index (χ1) is 7.88. The SMILES string of the molecule is N#CCCN(CCCCCl)c1ccccc1. The van der Waals surface area contributed by atoms with Gasteiger partial charge in [0.05, 0.1) is 12.5 Å². The van der Waals surface area contributed by atoms with Gasteiger partial charge in [-0.15, -0.1) is 11.6 Å². The molecule has 3 heteroatoms. The number of nitrogens with zero attached hydrogens (tertiary/aromatic N) is 2. The van der Waals surface area contributed by atoms with Crippen molar-refractivity contribution in [3.8, 4) is 6.07 Å². The number of halogens is 1. The first-order valence-corrected chi connectivity index (χ1v) is 6.15. The summed E-state index contributed by atoms with van der Waals surface area (Å²) in [6.07, 6.45) is 2.66. The van der Waals surface area contributed by atoms with Crippen molar-refractivity contribution in [1.82, 2.24) is 0 Å². The molecule has 16 heavy (non-hydrogen) atoms. The number of unbranched alkanes of at least 4 members (excludes halogenated alkanes) is 1. The van der Waals surface area contributed by atoms with Gasteiger partial charge in [0.1, 0.15) is 0 Å². The van der Waals surface area contributed by atoms with Gasteiger partial charge < -0.3 is 4.90 Å². The molecule has 0 radical (unpaired) electrons. The minimum Gasteiger partial charge on any atom is -0.371 e. The van der Waals surface area contributed by atoms with E-state index in [1.165, 1.54) is 5.69 Å². The first-order valence-electron chi connectivity index (χ1n) is 5.61. The van der Waals surface area contributed by atoms with E-state index in [2.05, 4.69) is 23.1 Å². The molecule has 1 rings (SSSR count). The van der Waals surface area contributed by atoms with E-state index in [1.807, 2.05) is 18.2 Å². The van der Waals surface area contributed by atoms with Crippen molar-refractivity contribution in [2.24, 2.45) is 0 Å². The van der Waals surface area contributed by atoms with Crippen molar-refractivity contribution in [2.45, 2.75) is 19.3 Å². The first kappa shape index (κ1) is 12.9. The molecule has 0 bridgehead atoms. The minimum atomic E-state index is 0.565. The summed E-state index contributed by atoms with van der Waals surface area (Å²) in [4.78, 5) is 2.25. The van der Waals surface area contributed by atoms with E-state index in [4.69, 9.17) is 16.9 Å². The second-order valence-corrected chi connectivity index (χ2v) is 4.00. The van der Waals surface area contributed by atoms with Gasteiger partial charge in [-0.05, 0) is 25.0 Å². The normalized spacial score (nSPS) is 9.75. The van der Waals surface area contributed by atoms with Crippen molar-refractivity contribution in [3.63, 3.8) is 0 Å². The van der Waals surface area contributed by atoms with Crippen molar-refractivity contribution >= 4 is 17.3 Å². The molecule has 0 N–H and O–H groups in total. The summed E-state index contributed by atoms with van der Waals surface area (Å²) in [7, 11) is 0. The molecule has 0 heterocycles. The Balaban J connectivity index is 2.53. The van der Waals surface area contributed by atoms with Crippen LogP contribution in [0, 0.1) is 11.3 Å². The molecular formula is C13H17ClN2. The maximum atomic E-state index is 8.64. The van der Waals surface area contributed by atoms with Gasteiger partial charge in [-0.1, -0.05) is 18.2 Å². The lowest BCUT2D eigenvalue weighted by molar-refractivity contribution is 0.720. The fraction of sp³-hybridized carbons (Fsp3) is 0.462. The van der Waals surface area contributed by atoms with Gasteiger partial charge in [0.25, 0.3) is 0 Å². The van der Waals surface area contributed by atoms with E-state index in [1.54, 1.807) is 0 Å². The average Bonchev–Trinajstić information content (AvgIpc) is 2.35. The van der Waals surface area contributed by atoms with E-state index in [0.29, 0.717) is 12.3 Å². The van der Waals surface area contributed by atoms with Crippen LogP contribution >= 0.6 is 11.6 Å². The smallest absolute Gasteiger partial charge is 0.0640 e. The van der Waals surface area contributed by atoms with Crippen LogP contribution in [0.4, 0.5) is 5.69 Å². The summed E-state index contributed by atoms with van der Waals surface area (Å²) in [5.41, 5.74) is 1.19. The zero-order valence-electron chi connectivity index (χ0n) is 9.40. The highest BCUT2D eigenvalue weighted by molar-refractivity contribution is 6.17. The van der Waals surface area contributed by atoms with Gasteiger partial charge >= 0.3 is 0 Å². The van der Waals surface area contributed by atoms with Crippen molar-refractivity contribution < 1.29 is 0 Å². The summed E-state index contributed by atoms with van der Waals surface area (Å²) < 4.78 is 0. The molecule has 0 fully saturated rings. The van der Waals surface area contributed by atoms with Gasteiger partial charge in [-0.25, -0.2) is 0 Å². The Morgan fingerprint density at radius 3 is 2.50 bits per heavy atom. The van der Waals surface area contributed by atoms with Gasteiger partial charge in [0, 0.05) is 24.7 Å². The largest absolute Gasteiger partial charge is 0.371 e. The molecule has 0 atom stereocenters. The lowest BCUT2D eigenvalue weighted by Gasteiger charge is -2.23. The maximum Gasteiger partial charge on any atom is 0.0640 e. The standard InChI is InChI=1S/C13H17ClN2/c14-9-4-5-11-16(12-6-10-15)13-7-2-1-3-8-13/h1-3,7-8H,4-6,9,11-12H2. The molecule has 2 nitrogen and oxygen atoms in total. The second-order valence-electron chi connectivity index (χ2n) is 3.63. The molecule has 1 aromatic rings. The zero-order chi connectivity index (χ0) is 11.6. The number of rotatable bonds is 7. The Labute approximate surface area is 102 Å². The van der Waals surface area contributed by atoms with Crippen molar-refractivity contribution in [2.75, 3.05) is 23.9 Å². The molecule has 0 aromatic heterocycles. The second kappa shape index (κ2) is 8.01. The quantitative estimate of drug-likeness (QED) is 0.536. The van der Waals surface area contributed by atoms with Crippen molar-refractivity contribution in [3.05, 3.63) is 30.3 Å². The fourth-order valence-electron chi connectivity index (χ4n) is 1.59. The van der Waals surface area contributed by atoms with Crippen LogP contribution in [0.15, 0.2) is 30.3 Å². The van der Waals surface area contributed by atoms with E-state index in [0.717, 1.165) is 25.9 Å². The molecule has 0 aliphatic heterocycles. The molecule has 0 saturated carbocycles. The van der Waals surface area contributed by atoms with Crippen LogP contribution in [0.1, 0.15) is 19.3 Å². The third-order valence-electron chi connectivity index (χ3n) is 2.43. The number of para-hydroxylation sites is 1. The molecule has 1 aromatic carbocycles. The number of alkyl halides is 1. The van der Waals surface area contributed by atoms with Crippen molar-refractivity contribution in [1.29, 1.82) is 5.26 Å². The molecule has 0 spiro atoms. The Bertz CT molecular complexity index is 318. The van der Waals surface area contributed by atoms with E-state index < -0.39 is 0 Å². The number of benzene rings is 1. The van der Waals surface area contributed by atoms with Crippen LogP contribution in [-0.4, -0.2) is 19.0 Å². The van der Waals surface area contributed by atoms with E-state index in [9.17, 15) is 0 Å². The summed E-state index contributed by atoms with van der Waals surface area (Å²) in [5.74, 6) is 0.709. The van der Waals surface area contributed by atoms with Crippen LogP contribution in [0.3, 0.4) is 0 Å². The summed E-state index contributed by atoms with van der Waals surface area (Å²) in [5, 5.41) is 8.64. The number of hydrogen-bond donors (Lipinski definition) is 0. The Morgan fingerprint density at radius 2 is 1.88 bits per heavy atom. The van der Waals surface area contributed by atoms with Gasteiger partial charge in [-0.2, -0.15) is 5.26 Å². The van der Waals surface area contributed by atoms with E-state index >= 15 is 0 Å². The molecule has 0 amide bonds. The predicted octanol–water partition coefficient (Wildman–Crippen LogP) is 3.43. The fourth-order valence-corrected chi connectivity index (χ4v) is 1.78. The minimum absolute atomic E-state index is 0.565. The molecular weight excluding hydrogens is 220 g/mol. The van der Waals surface area contributed by atoms with Crippen LogP contribution in [0.2, 0.25) is 0 Å². The number of anilines is 1.